The molecule has 1 fully saturated rings. The van der Waals surface area contributed by atoms with Crippen LogP contribution in [0.15, 0.2) is 23.1 Å². The Kier molecular flexibility index (Phi) is 4.43. The van der Waals surface area contributed by atoms with Crippen LogP contribution in [-0.4, -0.2) is 25.0 Å². The summed E-state index contributed by atoms with van der Waals surface area (Å²) in [7, 11) is 0. The van der Waals surface area contributed by atoms with Crippen molar-refractivity contribution < 1.29 is 4.74 Å². The van der Waals surface area contributed by atoms with E-state index in [-0.39, 0.29) is 0 Å². The number of ether oxygens (including phenoxy) is 1. The van der Waals surface area contributed by atoms with Gasteiger partial charge in [0.15, 0.2) is 0 Å². The molecule has 0 bridgehead atoms. The summed E-state index contributed by atoms with van der Waals surface area (Å²) in [5.74, 6) is 0. The van der Waals surface area contributed by atoms with Crippen molar-refractivity contribution in [3.8, 4) is 6.07 Å². The Labute approximate surface area is 106 Å². The first-order chi connectivity index (χ1) is 8.33. The van der Waals surface area contributed by atoms with E-state index in [4.69, 9.17) is 10.00 Å². The van der Waals surface area contributed by atoms with E-state index in [1.165, 1.54) is 0 Å². The molecule has 1 aliphatic rings. The molecule has 1 heterocycles. The van der Waals surface area contributed by atoms with Gasteiger partial charge in [0.1, 0.15) is 6.07 Å². The van der Waals surface area contributed by atoms with Gasteiger partial charge in [-0.2, -0.15) is 5.26 Å². The van der Waals surface area contributed by atoms with Crippen molar-refractivity contribution in [1.82, 2.24) is 5.32 Å². The Morgan fingerprint density at radius 3 is 2.94 bits per heavy atom. The summed E-state index contributed by atoms with van der Waals surface area (Å²) in [6, 6.07) is 8.39. The monoisotopic (exact) mass is 248 g/mol. The Bertz CT molecular complexity index is 424. The number of nitrogens with zero attached hydrogens (tertiary/aromatic N) is 1. The zero-order valence-electron chi connectivity index (χ0n) is 9.90. The molecule has 0 aromatic heterocycles. The predicted molar refractivity (Wildman–Crippen MR) is 69.0 cm³/mol. The van der Waals surface area contributed by atoms with Crippen molar-refractivity contribution >= 4 is 11.8 Å². The second-order valence-electron chi connectivity index (χ2n) is 4.00. The number of benzene rings is 1. The molecule has 0 aliphatic carbocycles. The highest BCUT2D eigenvalue weighted by atomic mass is 32.2. The van der Waals surface area contributed by atoms with Crippen molar-refractivity contribution in [2.45, 2.75) is 23.6 Å². The number of rotatable bonds is 5. The molecule has 0 saturated carbocycles. The predicted octanol–water partition coefficient (Wildman–Crippen LogP) is 2.16. The summed E-state index contributed by atoms with van der Waals surface area (Å²) >= 11 is 1.75. The highest BCUT2D eigenvalue weighted by Crippen LogP contribution is 2.30. The molecule has 0 amide bonds. The Hall–Kier alpha value is -1.02. The molecule has 0 unspecified atom stereocenters. The van der Waals surface area contributed by atoms with E-state index in [0.717, 1.165) is 42.3 Å². The van der Waals surface area contributed by atoms with E-state index >= 15 is 0 Å². The summed E-state index contributed by atoms with van der Waals surface area (Å²) < 4.78 is 5.14. The first kappa shape index (κ1) is 12.4. The maximum Gasteiger partial charge on any atom is 0.100 e. The zero-order valence-corrected chi connectivity index (χ0v) is 10.7. The van der Waals surface area contributed by atoms with Crippen molar-refractivity contribution in [1.29, 1.82) is 5.26 Å². The third kappa shape index (κ3) is 3.22. The molecular weight excluding hydrogens is 232 g/mol. The van der Waals surface area contributed by atoms with Gasteiger partial charge >= 0.3 is 0 Å². The van der Waals surface area contributed by atoms with Crippen molar-refractivity contribution in [2.75, 3.05) is 19.8 Å². The number of nitrogens with one attached hydrogen (secondary N) is 1. The lowest BCUT2D eigenvalue weighted by molar-refractivity contribution is 0.0455. The summed E-state index contributed by atoms with van der Waals surface area (Å²) in [4.78, 5) is 1.07. The third-order valence-corrected chi connectivity index (χ3v) is 3.86. The minimum absolute atomic E-state index is 0.515. The third-order valence-electron chi connectivity index (χ3n) is 2.64. The van der Waals surface area contributed by atoms with Gasteiger partial charge in [-0.15, -0.1) is 11.8 Å². The average Bonchev–Trinajstić information content (AvgIpc) is 2.31. The van der Waals surface area contributed by atoms with Crippen molar-refractivity contribution in [3.63, 3.8) is 0 Å². The first-order valence-corrected chi connectivity index (χ1v) is 6.69. The van der Waals surface area contributed by atoms with Gasteiger partial charge in [-0.3, -0.25) is 0 Å². The maximum absolute atomic E-state index is 9.16. The molecule has 1 aliphatic heterocycles. The smallest absolute Gasteiger partial charge is 0.100 e. The van der Waals surface area contributed by atoms with Crippen LogP contribution < -0.4 is 5.32 Å². The maximum atomic E-state index is 9.16. The van der Waals surface area contributed by atoms with Gasteiger partial charge < -0.3 is 10.1 Å². The molecule has 17 heavy (non-hydrogen) atoms. The second kappa shape index (κ2) is 6.06. The molecule has 1 saturated heterocycles. The first-order valence-electron chi connectivity index (χ1n) is 5.81. The molecule has 0 radical (unpaired) electrons. The van der Waals surface area contributed by atoms with Gasteiger partial charge in [0.05, 0.1) is 24.0 Å². The van der Waals surface area contributed by atoms with E-state index in [2.05, 4.69) is 24.4 Å². The van der Waals surface area contributed by atoms with Gasteiger partial charge in [0, 0.05) is 11.4 Å². The fraction of sp³-hybridized carbons (Fsp3) is 0.462. The number of hydrogen-bond donors (Lipinski definition) is 1. The average molecular weight is 248 g/mol. The molecule has 4 heteroatoms. The number of hydrogen-bond acceptors (Lipinski definition) is 4. The Morgan fingerprint density at radius 1 is 1.53 bits per heavy atom. The van der Waals surface area contributed by atoms with Crippen LogP contribution in [0.2, 0.25) is 0 Å². The lowest BCUT2D eigenvalue weighted by Crippen LogP contribution is -2.30. The minimum Gasteiger partial charge on any atom is -0.379 e. The lowest BCUT2D eigenvalue weighted by Gasteiger charge is -2.25. The van der Waals surface area contributed by atoms with Crippen molar-refractivity contribution in [3.05, 3.63) is 29.3 Å². The summed E-state index contributed by atoms with van der Waals surface area (Å²) in [6.45, 7) is 5.44. The van der Waals surface area contributed by atoms with Crippen LogP contribution in [0.5, 0.6) is 0 Å². The molecule has 0 spiro atoms. The minimum atomic E-state index is 0.515. The van der Waals surface area contributed by atoms with E-state index < -0.39 is 0 Å². The van der Waals surface area contributed by atoms with Crippen LogP contribution in [-0.2, 0) is 11.3 Å². The van der Waals surface area contributed by atoms with Crippen LogP contribution in [0.4, 0.5) is 0 Å². The quantitative estimate of drug-likeness (QED) is 0.867. The molecule has 1 N–H and O–H groups in total. The van der Waals surface area contributed by atoms with Gasteiger partial charge in [0.2, 0.25) is 0 Å². The van der Waals surface area contributed by atoms with Crippen molar-refractivity contribution in [2.24, 2.45) is 0 Å². The summed E-state index contributed by atoms with van der Waals surface area (Å²) in [5, 5.41) is 12.9. The standard InChI is InChI=1S/C13H16N2OS/c1-2-15-7-10-3-4-13(11(5-10)6-14)17-12-8-16-9-12/h3-5,12,15H,2,7-9H2,1H3. The molecule has 2 rings (SSSR count). The second-order valence-corrected chi connectivity index (χ2v) is 5.34. The molecule has 0 atom stereocenters. The van der Waals surface area contributed by atoms with E-state index in [1.54, 1.807) is 11.8 Å². The fourth-order valence-corrected chi connectivity index (χ4v) is 2.67. The van der Waals surface area contributed by atoms with Gasteiger partial charge in [-0.1, -0.05) is 13.0 Å². The summed E-state index contributed by atoms with van der Waals surface area (Å²) in [6.07, 6.45) is 0. The van der Waals surface area contributed by atoms with Crippen LogP contribution in [0, 0.1) is 11.3 Å². The zero-order chi connectivity index (χ0) is 12.1. The molecule has 1 aromatic rings. The van der Waals surface area contributed by atoms with Crippen LogP contribution >= 0.6 is 11.8 Å². The van der Waals surface area contributed by atoms with Crippen LogP contribution in [0.3, 0.4) is 0 Å². The lowest BCUT2D eigenvalue weighted by atomic mass is 10.1. The van der Waals surface area contributed by atoms with E-state index in [0.29, 0.717) is 5.25 Å². The van der Waals surface area contributed by atoms with Crippen LogP contribution in [0.25, 0.3) is 0 Å². The van der Waals surface area contributed by atoms with Gasteiger partial charge in [0.25, 0.3) is 0 Å². The van der Waals surface area contributed by atoms with Gasteiger partial charge in [-0.25, -0.2) is 0 Å². The number of nitriles is 1. The SMILES string of the molecule is CCNCc1ccc(SC2COC2)c(C#N)c1. The van der Waals surface area contributed by atoms with Gasteiger partial charge in [-0.05, 0) is 24.2 Å². The molecule has 90 valence electrons. The molecule has 1 aromatic carbocycles. The van der Waals surface area contributed by atoms with Crippen LogP contribution in [0.1, 0.15) is 18.1 Å². The largest absolute Gasteiger partial charge is 0.379 e. The highest BCUT2D eigenvalue weighted by molar-refractivity contribution is 8.00. The Morgan fingerprint density at radius 2 is 2.35 bits per heavy atom. The topological polar surface area (TPSA) is 45.0 Å². The Balaban J connectivity index is 2.07. The number of thioether (sulfide) groups is 1. The highest BCUT2D eigenvalue weighted by Gasteiger charge is 2.20. The summed E-state index contributed by atoms with van der Waals surface area (Å²) in [5.41, 5.74) is 1.94. The van der Waals surface area contributed by atoms with E-state index in [9.17, 15) is 0 Å². The van der Waals surface area contributed by atoms with E-state index in [1.807, 2.05) is 12.1 Å². The molecule has 3 nitrogen and oxygen atoms in total. The fourth-order valence-electron chi connectivity index (χ4n) is 1.61. The molecular formula is C13H16N2OS. The normalized spacial score (nSPS) is 15.3.